The lowest BCUT2D eigenvalue weighted by Crippen LogP contribution is -2.36. The molecule has 0 atom stereocenters. The highest BCUT2D eigenvalue weighted by Crippen LogP contribution is 2.15. The van der Waals surface area contributed by atoms with E-state index in [0.717, 1.165) is 37.6 Å². The zero-order valence-corrected chi connectivity index (χ0v) is 20.5. The van der Waals surface area contributed by atoms with Crippen LogP contribution in [0.2, 0.25) is 0 Å². The molecule has 0 spiro atoms. The van der Waals surface area contributed by atoms with Gasteiger partial charge in [-0.25, -0.2) is 4.99 Å². The second kappa shape index (κ2) is 11.9. The number of amides is 1. The maximum absolute atomic E-state index is 11.9. The summed E-state index contributed by atoms with van der Waals surface area (Å²) in [5, 5.41) is 6.75. The number of halogens is 1. The standard InChI is InChI=1S/C24H32N4O.HI/c1-4-25-24(27-16-22-11-10-18(2)13-19(22)3)26-15-20-7-5-8-21(14-20)17-28-12-6-9-23(28)29;/h5,7-8,10-11,13-14H,4,6,9,12,15-17H2,1-3H3,(H2,25,26,27);1H. The second-order valence-corrected chi connectivity index (χ2v) is 7.72. The minimum atomic E-state index is 0. The summed E-state index contributed by atoms with van der Waals surface area (Å²) in [6, 6.07) is 14.9. The van der Waals surface area contributed by atoms with Gasteiger partial charge in [0.1, 0.15) is 0 Å². The Morgan fingerprint density at radius 3 is 2.60 bits per heavy atom. The average molecular weight is 520 g/mol. The van der Waals surface area contributed by atoms with Gasteiger partial charge in [-0.2, -0.15) is 0 Å². The molecule has 0 aromatic heterocycles. The van der Waals surface area contributed by atoms with Crippen LogP contribution in [0.25, 0.3) is 0 Å². The number of hydrogen-bond acceptors (Lipinski definition) is 2. The SMILES string of the molecule is CCNC(=NCc1cccc(CN2CCCC2=O)c1)NCc1ccc(C)cc1C.I. The summed E-state index contributed by atoms with van der Waals surface area (Å²) < 4.78 is 0. The first-order valence-electron chi connectivity index (χ1n) is 10.5. The predicted octanol–water partition coefficient (Wildman–Crippen LogP) is 4.30. The first-order chi connectivity index (χ1) is 14.0. The molecule has 0 unspecified atom stereocenters. The minimum Gasteiger partial charge on any atom is -0.357 e. The van der Waals surface area contributed by atoms with Crippen LogP contribution in [0.15, 0.2) is 47.5 Å². The molecule has 1 aliphatic heterocycles. The molecule has 3 rings (SSSR count). The van der Waals surface area contributed by atoms with Crippen LogP contribution in [0, 0.1) is 13.8 Å². The van der Waals surface area contributed by atoms with Gasteiger partial charge in [-0.15, -0.1) is 24.0 Å². The molecule has 6 heteroatoms. The minimum absolute atomic E-state index is 0. The Bertz CT molecular complexity index is 881. The molecule has 2 aromatic carbocycles. The Kier molecular flexibility index (Phi) is 9.62. The summed E-state index contributed by atoms with van der Waals surface area (Å²) >= 11 is 0. The van der Waals surface area contributed by atoms with Crippen molar-refractivity contribution < 1.29 is 4.79 Å². The van der Waals surface area contributed by atoms with Gasteiger partial charge in [0.15, 0.2) is 5.96 Å². The molecule has 1 fully saturated rings. The van der Waals surface area contributed by atoms with Crippen LogP contribution in [-0.4, -0.2) is 29.9 Å². The summed E-state index contributed by atoms with van der Waals surface area (Å²) in [7, 11) is 0. The van der Waals surface area contributed by atoms with E-state index >= 15 is 0 Å². The third-order valence-electron chi connectivity index (χ3n) is 5.24. The lowest BCUT2D eigenvalue weighted by Gasteiger charge is -2.16. The number of nitrogens with zero attached hydrogens (tertiary/aromatic N) is 2. The Labute approximate surface area is 197 Å². The van der Waals surface area contributed by atoms with Crippen molar-refractivity contribution in [1.82, 2.24) is 15.5 Å². The fraction of sp³-hybridized carbons (Fsp3) is 0.417. The van der Waals surface area contributed by atoms with E-state index in [2.05, 4.69) is 73.9 Å². The zero-order chi connectivity index (χ0) is 20.6. The van der Waals surface area contributed by atoms with Gasteiger partial charge >= 0.3 is 0 Å². The van der Waals surface area contributed by atoms with Crippen LogP contribution >= 0.6 is 24.0 Å². The van der Waals surface area contributed by atoms with Crippen LogP contribution < -0.4 is 10.6 Å². The van der Waals surface area contributed by atoms with Gasteiger partial charge in [-0.1, -0.05) is 48.0 Å². The van der Waals surface area contributed by atoms with Crippen molar-refractivity contribution in [2.75, 3.05) is 13.1 Å². The normalized spacial score (nSPS) is 13.9. The van der Waals surface area contributed by atoms with E-state index < -0.39 is 0 Å². The molecule has 1 aliphatic rings. The highest BCUT2D eigenvalue weighted by atomic mass is 127. The Morgan fingerprint density at radius 2 is 1.90 bits per heavy atom. The van der Waals surface area contributed by atoms with Crippen LogP contribution in [-0.2, 0) is 24.4 Å². The lowest BCUT2D eigenvalue weighted by molar-refractivity contribution is -0.128. The van der Waals surface area contributed by atoms with Crippen LogP contribution in [0.4, 0.5) is 0 Å². The van der Waals surface area contributed by atoms with E-state index in [1.54, 1.807) is 0 Å². The summed E-state index contributed by atoms with van der Waals surface area (Å²) in [6.45, 7) is 10.1. The molecule has 2 N–H and O–H groups in total. The highest BCUT2D eigenvalue weighted by Gasteiger charge is 2.19. The van der Waals surface area contributed by atoms with Gasteiger partial charge in [0, 0.05) is 32.6 Å². The molecule has 0 bridgehead atoms. The van der Waals surface area contributed by atoms with Crippen molar-refractivity contribution in [2.45, 2.75) is 53.2 Å². The van der Waals surface area contributed by atoms with Crippen molar-refractivity contribution in [2.24, 2.45) is 4.99 Å². The van der Waals surface area contributed by atoms with Crippen molar-refractivity contribution in [3.05, 3.63) is 70.3 Å². The highest BCUT2D eigenvalue weighted by molar-refractivity contribution is 14.0. The first kappa shape index (κ1) is 24.2. The number of benzene rings is 2. The number of aryl methyl sites for hydroxylation is 2. The summed E-state index contributed by atoms with van der Waals surface area (Å²) in [5.41, 5.74) is 6.16. The predicted molar refractivity (Wildman–Crippen MR) is 134 cm³/mol. The number of nitrogens with one attached hydrogen (secondary N) is 2. The Balaban J connectivity index is 0.00000320. The summed E-state index contributed by atoms with van der Waals surface area (Å²) in [5.74, 6) is 1.08. The number of likely N-dealkylation sites (tertiary alicyclic amines) is 1. The van der Waals surface area contributed by atoms with Crippen LogP contribution in [0.1, 0.15) is 47.6 Å². The summed E-state index contributed by atoms with van der Waals surface area (Å²) in [6.07, 6.45) is 1.66. The number of guanidine groups is 1. The van der Waals surface area contributed by atoms with Gasteiger partial charge < -0.3 is 15.5 Å². The fourth-order valence-corrected chi connectivity index (χ4v) is 3.65. The number of aliphatic imine (C=N–C) groups is 1. The molecule has 0 saturated carbocycles. The number of rotatable bonds is 7. The number of carbonyl (C=O) groups is 1. The quantitative estimate of drug-likeness (QED) is 0.325. The van der Waals surface area contributed by atoms with E-state index in [9.17, 15) is 4.79 Å². The molecule has 1 heterocycles. The van der Waals surface area contributed by atoms with Crippen molar-refractivity contribution in [1.29, 1.82) is 0 Å². The monoisotopic (exact) mass is 520 g/mol. The van der Waals surface area contributed by atoms with Crippen molar-refractivity contribution >= 4 is 35.8 Å². The Morgan fingerprint density at radius 1 is 1.10 bits per heavy atom. The van der Waals surface area contributed by atoms with E-state index in [-0.39, 0.29) is 29.9 Å². The van der Waals surface area contributed by atoms with Crippen molar-refractivity contribution in [3.8, 4) is 0 Å². The van der Waals surface area contributed by atoms with Gasteiger partial charge in [0.25, 0.3) is 0 Å². The topological polar surface area (TPSA) is 56.7 Å². The van der Waals surface area contributed by atoms with E-state index in [4.69, 9.17) is 4.99 Å². The summed E-state index contributed by atoms with van der Waals surface area (Å²) in [4.78, 5) is 18.6. The third-order valence-corrected chi connectivity index (χ3v) is 5.24. The average Bonchev–Trinajstić information content (AvgIpc) is 3.10. The molecule has 5 nitrogen and oxygen atoms in total. The molecule has 1 saturated heterocycles. The second-order valence-electron chi connectivity index (χ2n) is 7.72. The van der Waals surface area contributed by atoms with Gasteiger partial charge in [-0.05, 0) is 49.4 Å². The lowest BCUT2D eigenvalue weighted by atomic mass is 10.1. The zero-order valence-electron chi connectivity index (χ0n) is 18.2. The van der Waals surface area contributed by atoms with Crippen LogP contribution in [0.5, 0.6) is 0 Å². The van der Waals surface area contributed by atoms with Gasteiger partial charge in [0.2, 0.25) is 5.91 Å². The van der Waals surface area contributed by atoms with E-state index in [1.807, 2.05) is 4.90 Å². The molecule has 0 radical (unpaired) electrons. The van der Waals surface area contributed by atoms with Gasteiger partial charge in [0.05, 0.1) is 6.54 Å². The third kappa shape index (κ3) is 7.00. The maximum Gasteiger partial charge on any atom is 0.222 e. The molecule has 1 amide bonds. The number of hydrogen-bond donors (Lipinski definition) is 2. The maximum atomic E-state index is 11.9. The molecular weight excluding hydrogens is 487 g/mol. The smallest absolute Gasteiger partial charge is 0.222 e. The molecule has 30 heavy (non-hydrogen) atoms. The number of carbonyl (C=O) groups excluding carboxylic acids is 1. The fourth-order valence-electron chi connectivity index (χ4n) is 3.65. The van der Waals surface area contributed by atoms with Crippen molar-refractivity contribution in [3.63, 3.8) is 0 Å². The van der Waals surface area contributed by atoms with E-state index in [0.29, 0.717) is 19.5 Å². The molecule has 2 aromatic rings. The largest absolute Gasteiger partial charge is 0.357 e. The van der Waals surface area contributed by atoms with E-state index in [1.165, 1.54) is 22.3 Å². The first-order valence-corrected chi connectivity index (χ1v) is 10.5. The Hall–Kier alpha value is -2.09. The molecule has 0 aliphatic carbocycles. The molecular formula is C24H33IN4O. The van der Waals surface area contributed by atoms with Crippen LogP contribution in [0.3, 0.4) is 0 Å². The molecule has 162 valence electrons. The van der Waals surface area contributed by atoms with Gasteiger partial charge in [-0.3, -0.25) is 4.79 Å².